The number of aromatic nitrogens is 1. The summed E-state index contributed by atoms with van der Waals surface area (Å²) in [5, 5.41) is 12.3. The topological polar surface area (TPSA) is 62.2 Å². The van der Waals surface area contributed by atoms with Crippen molar-refractivity contribution in [3.63, 3.8) is 0 Å². The second kappa shape index (κ2) is 6.63. The van der Waals surface area contributed by atoms with Crippen LogP contribution in [0.3, 0.4) is 0 Å². The van der Waals surface area contributed by atoms with Gasteiger partial charge in [-0.15, -0.1) is 11.3 Å². The lowest BCUT2D eigenvalue weighted by atomic mass is 10.1. The van der Waals surface area contributed by atoms with Gasteiger partial charge in [0.15, 0.2) is 0 Å². The van der Waals surface area contributed by atoms with E-state index in [9.17, 15) is 4.79 Å². The van der Waals surface area contributed by atoms with Gasteiger partial charge in [-0.2, -0.15) is 0 Å². The van der Waals surface area contributed by atoms with Crippen molar-refractivity contribution in [2.45, 2.75) is 33.4 Å². The van der Waals surface area contributed by atoms with E-state index in [1.54, 1.807) is 12.3 Å². The monoisotopic (exact) mass is 290 g/mol. The smallest absolute Gasteiger partial charge is 0.345 e. The Morgan fingerprint density at radius 1 is 1.40 bits per heavy atom. The van der Waals surface area contributed by atoms with Gasteiger partial charge in [0.1, 0.15) is 4.88 Å². The Morgan fingerprint density at radius 2 is 2.20 bits per heavy atom. The number of carbonyl (C=O) groups is 1. The lowest BCUT2D eigenvalue weighted by Crippen LogP contribution is -2.15. The van der Waals surface area contributed by atoms with Crippen molar-refractivity contribution in [1.82, 2.24) is 10.3 Å². The van der Waals surface area contributed by atoms with Gasteiger partial charge >= 0.3 is 5.97 Å². The van der Waals surface area contributed by atoms with Crippen molar-refractivity contribution < 1.29 is 9.90 Å². The van der Waals surface area contributed by atoms with Gasteiger partial charge in [-0.25, -0.2) is 4.79 Å². The van der Waals surface area contributed by atoms with Crippen LogP contribution in [0, 0.1) is 6.92 Å². The maximum Gasteiger partial charge on any atom is 0.345 e. The van der Waals surface area contributed by atoms with Crippen LogP contribution in [0.5, 0.6) is 0 Å². The molecule has 5 heteroatoms. The fourth-order valence-corrected chi connectivity index (χ4v) is 2.95. The number of aromatic carboxylic acids is 1. The minimum atomic E-state index is -0.859. The van der Waals surface area contributed by atoms with E-state index >= 15 is 0 Å². The predicted octanol–water partition coefficient (Wildman–Crippen LogP) is 3.00. The molecule has 4 nitrogen and oxygen atoms in total. The summed E-state index contributed by atoms with van der Waals surface area (Å²) in [6, 6.07) is 5.78. The quantitative estimate of drug-likeness (QED) is 0.858. The first-order valence-electron chi connectivity index (χ1n) is 6.58. The van der Waals surface area contributed by atoms with E-state index in [1.165, 1.54) is 16.9 Å². The minimum absolute atomic E-state index is 0.395. The molecule has 0 bridgehead atoms. The average molecular weight is 290 g/mol. The van der Waals surface area contributed by atoms with Gasteiger partial charge in [0.05, 0.1) is 5.69 Å². The zero-order valence-electron chi connectivity index (χ0n) is 11.6. The van der Waals surface area contributed by atoms with Gasteiger partial charge in [-0.1, -0.05) is 13.0 Å². The summed E-state index contributed by atoms with van der Waals surface area (Å²) in [5.41, 5.74) is 3.34. The average Bonchev–Trinajstić information content (AvgIpc) is 2.81. The van der Waals surface area contributed by atoms with Crippen molar-refractivity contribution in [3.8, 4) is 0 Å². The molecule has 2 rings (SSSR count). The van der Waals surface area contributed by atoms with Crippen molar-refractivity contribution in [3.05, 3.63) is 51.0 Å². The fourth-order valence-electron chi connectivity index (χ4n) is 2.07. The molecule has 2 heterocycles. The van der Waals surface area contributed by atoms with Gasteiger partial charge in [0.2, 0.25) is 0 Å². The Balaban J connectivity index is 1.97. The van der Waals surface area contributed by atoms with Crippen molar-refractivity contribution in [2.75, 3.05) is 0 Å². The van der Waals surface area contributed by atoms with E-state index in [0.29, 0.717) is 18.0 Å². The number of pyridine rings is 1. The van der Waals surface area contributed by atoms with Crippen LogP contribution in [0.15, 0.2) is 24.4 Å². The zero-order chi connectivity index (χ0) is 14.5. The predicted molar refractivity (Wildman–Crippen MR) is 80.2 cm³/mol. The summed E-state index contributed by atoms with van der Waals surface area (Å²) in [7, 11) is 0. The molecular weight excluding hydrogens is 272 g/mol. The van der Waals surface area contributed by atoms with E-state index in [2.05, 4.69) is 23.3 Å². The molecule has 0 fully saturated rings. The van der Waals surface area contributed by atoms with Gasteiger partial charge in [0.25, 0.3) is 0 Å². The van der Waals surface area contributed by atoms with Gasteiger partial charge in [0, 0.05) is 24.2 Å². The summed E-state index contributed by atoms with van der Waals surface area (Å²) in [4.78, 5) is 16.8. The summed E-state index contributed by atoms with van der Waals surface area (Å²) in [6.07, 6.45) is 2.76. The van der Waals surface area contributed by atoms with Crippen LogP contribution in [0.25, 0.3) is 0 Å². The highest BCUT2D eigenvalue weighted by Crippen LogP contribution is 2.21. The highest BCUT2D eigenvalue weighted by atomic mass is 32.1. The Hall–Kier alpha value is -1.72. The highest BCUT2D eigenvalue weighted by molar-refractivity contribution is 7.14. The molecule has 0 radical (unpaired) electrons. The van der Waals surface area contributed by atoms with Crippen molar-refractivity contribution in [2.24, 2.45) is 0 Å². The fraction of sp³-hybridized carbons (Fsp3) is 0.333. The third-order valence-electron chi connectivity index (χ3n) is 3.20. The van der Waals surface area contributed by atoms with Crippen LogP contribution in [0.4, 0.5) is 0 Å². The molecule has 20 heavy (non-hydrogen) atoms. The van der Waals surface area contributed by atoms with E-state index in [-0.39, 0.29) is 0 Å². The molecule has 2 aromatic heterocycles. The number of nitrogens with zero attached hydrogens (tertiary/aromatic N) is 1. The molecule has 2 aromatic rings. The molecule has 0 spiro atoms. The van der Waals surface area contributed by atoms with Gasteiger partial charge in [-0.05, 0) is 36.6 Å². The summed E-state index contributed by atoms with van der Waals surface area (Å²) >= 11 is 1.32. The lowest BCUT2D eigenvalue weighted by Gasteiger charge is -2.07. The molecule has 2 N–H and O–H groups in total. The van der Waals surface area contributed by atoms with Gasteiger partial charge < -0.3 is 10.4 Å². The minimum Gasteiger partial charge on any atom is -0.477 e. The maximum atomic E-state index is 10.9. The summed E-state index contributed by atoms with van der Waals surface area (Å²) < 4.78 is 0. The largest absolute Gasteiger partial charge is 0.477 e. The SMILES string of the molecule is CCc1cccnc1CNCc1cc(C(=O)O)sc1C. The number of aryl methyl sites for hydroxylation is 2. The second-order valence-electron chi connectivity index (χ2n) is 4.56. The number of carboxylic acids is 1. The second-order valence-corrected chi connectivity index (χ2v) is 5.82. The molecule has 0 saturated heterocycles. The van der Waals surface area contributed by atoms with Crippen LogP contribution in [-0.4, -0.2) is 16.1 Å². The number of thiophene rings is 1. The number of rotatable bonds is 6. The first-order chi connectivity index (χ1) is 9.61. The summed E-state index contributed by atoms with van der Waals surface area (Å²) in [6.45, 7) is 5.42. The Kier molecular flexibility index (Phi) is 4.87. The van der Waals surface area contributed by atoms with E-state index in [0.717, 1.165) is 22.6 Å². The third-order valence-corrected chi connectivity index (χ3v) is 4.29. The highest BCUT2D eigenvalue weighted by Gasteiger charge is 2.10. The van der Waals surface area contributed by atoms with E-state index in [1.807, 2.05) is 13.0 Å². The maximum absolute atomic E-state index is 10.9. The van der Waals surface area contributed by atoms with Gasteiger partial charge in [-0.3, -0.25) is 4.98 Å². The van der Waals surface area contributed by atoms with Crippen LogP contribution in [0.2, 0.25) is 0 Å². The van der Waals surface area contributed by atoms with E-state index < -0.39 is 5.97 Å². The lowest BCUT2D eigenvalue weighted by molar-refractivity contribution is 0.0702. The van der Waals surface area contributed by atoms with Crippen molar-refractivity contribution >= 4 is 17.3 Å². The number of hydrogen-bond acceptors (Lipinski definition) is 4. The molecule has 0 atom stereocenters. The molecule has 0 unspecified atom stereocenters. The molecule has 106 valence electrons. The van der Waals surface area contributed by atoms with Crippen molar-refractivity contribution in [1.29, 1.82) is 0 Å². The van der Waals surface area contributed by atoms with Crippen LogP contribution < -0.4 is 5.32 Å². The number of carboxylic acid groups (broad SMARTS) is 1. The molecule has 0 aromatic carbocycles. The summed E-state index contributed by atoms with van der Waals surface area (Å²) in [5.74, 6) is -0.859. The standard InChI is InChI=1S/C15H18N2O2S/c1-3-11-5-4-6-17-13(11)9-16-8-12-7-14(15(18)19)20-10(12)2/h4-7,16H,3,8-9H2,1-2H3,(H,18,19). The number of nitrogens with one attached hydrogen (secondary N) is 1. The molecule has 0 aliphatic rings. The Morgan fingerprint density at radius 3 is 2.85 bits per heavy atom. The normalized spacial score (nSPS) is 10.7. The molecule has 0 saturated carbocycles. The molecular formula is C15H18N2O2S. The van der Waals surface area contributed by atoms with Crippen LogP contribution >= 0.6 is 11.3 Å². The molecule has 0 amide bonds. The third kappa shape index (κ3) is 3.43. The van der Waals surface area contributed by atoms with E-state index in [4.69, 9.17) is 5.11 Å². The number of hydrogen-bond donors (Lipinski definition) is 2. The zero-order valence-corrected chi connectivity index (χ0v) is 12.5. The first-order valence-corrected chi connectivity index (χ1v) is 7.39. The molecule has 0 aliphatic carbocycles. The van der Waals surface area contributed by atoms with Crippen LogP contribution in [-0.2, 0) is 19.5 Å². The first kappa shape index (κ1) is 14.7. The molecule has 0 aliphatic heterocycles. The van der Waals surface area contributed by atoms with Crippen LogP contribution in [0.1, 0.15) is 38.3 Å². The Labute approximate surface area is 122 Å². The Bertz CT molecular complexity index is 608.